The Morgan fingerprint density at radius 2 is 2.04 bits per heavy atom. The third-order valence-electron chi connectivity index (χ3n) is 3.20. The number of aromatic amines is 1. The molecule has 0 spiro atoms. The lowest BCUT2D eigenvalue weighted by Crippen LogP contribution is -2.37. The third-order valence-corrected chi connectivity index (χ3v) is 4.05. The number of carbonyl (C=O) groups is 1. The summed E-state index contributed by atoms with van der Waals surface area (Å²) in [7, 11) is 0. The van der Waals surface area contributed by atoms with Crippen LogP contribution in [0.25, 0.3) is 0 Å². The molecule has 2 rings (SSSR count). The van der Waals surface area contributed by atoms with Crippen molar-refractivity contribution >= 4 is 17.7 Å². The van der Waals surface area contributed by atoms with Crippen LogP contribution in [0.4, 0.5) is 0 Å². The van der Waals surface area contributed by atoms with Crippen LogP contribution in [0.3, 0.4) is 0 Å². The van der Waals surface area contributed by atoms with Crippen molar-refractivity contribution in [3.63, 3.8) is 0 Å². The third kappa shape index (κ3) is 5.28. The van der Waals surface area contributed by atoms with Gasteiger partial charge < -0.3 is 10.1 Å². The van der Waals surface area contributed by atoms with Crippen LogP contribution in [0, 0.1) is 20.8 Å². The normalized spacial score (nSPS) is 12.0. The molecule has 0 radical (unpaired) electrons. The second-order valence-electron chi connectivity index (χ2n) is 5.49. The van der Waals surface area contributed by atoms with Crippen LogP contribution in [-0.2, 0) is 4.79 Å². The topological polar surface area (TPSA) is 79.9 Å². The summed E-state index contributed by atoms with van der Waals surface area (Å²) in [6.45, 7) is 8.21. The maximum absolute atomic E-state index is 11.9. The van der Waals surface area contributed by atoms with Crippen molar-refractivity contribution in [3.8, 4) is 5.75 Å². The maximum atomic E-state index is 11.9. The fourth-order valence-corrected chi connectivity index (χ4v) is 2.77. The zero-order chi connectivity index (χ0) is 16.8. The van der Waals surface area contributed by atoms with Crippen LogP contribution in [-0.4, -0.2) is 39.5 Å². The Hall–Kier alpha value is -2.02. The number of hydrogen-bond donors (Lipinski definition) is 2. The minimum absolute atomic E-state index is 0.0601. The molecule has 1 heterocycles. The predicted molar refractivity (Wildman–Crippen MR) is 90.9 cm³/mol. The van der Waals surface area contributed by atoms with Gasteiger partial charge in [-0.2, -0.15) is 0 Å². The van der Waals surface area contributed by atoms with E-state index < -0.39 is 0 Å². The average molecular weight is 334 g/mol. The molecule has 2 N–H and O–H groups in total. The molecular weight excluding hydrogens is 312 g/mol. The van der Waals surface area contributed by atoms with Gasteiger partial charge in [0.2, 0.25) is 11.1 Å². The van der Waals surface area contributed by atoms with Gasteiger partial charge in [0.1, 0.15) is 18.2 Å². The standard InChI is InChI=1S/C16H22N4O2S/c1-10-6-5-7-11(2)15(10)22-8-12(3)17-14(21)9-23-16-18-13(4)19-20-16/h5-7,12H,8-9H2,1-4H3,(H,17,21)(H,18,19,20)/t12-/m0/s1. The number of H-pyrrole nitrogens is 1. The van der Waals surface area contributed by atoms with Gasteiger partial charge in [-0.3, -0.25) is 9.89 Å². The zero-order valence-electron chi connectivity index (χ0n) is 13.8. The predicted octanol–water partition coefficient (Wildman–Crippen LogP) is 2.41. The Balaban J connectivity index is 1.75. The number of ether oxygens (including phenoxy) is 1. The van der Waals surface area contributed by atoms with Gasteiger partial charge in [0, 0.05) is 0 Å². The molecule has 1 aromatic heterocycles. The SMILES string of the molecule is Cc1nc(SCC(=O)N[C@@H](C)COc2c(C)cccc2C)n[nH]1. The molecule has 0 aliphatic carbocycles. The summed E-state index contributed by atoms with van der Waals surface area (Å²) in [6.07, 6.45) is 0. The van der Waals surface area contributed by atoms with E-state index in [2.05, 4.69) is 20.5 Å². The summed E-state index contributed by atoms with van der Waals surface area (Å²) in [6, 6.07) is 5.96. The fourth-order valence-electron chi connectivity index (χ4n) is 2.11. The molecule has 1 amide bonds. The van der Waals surface area contributed by atoms with Crippen LogP contribution in [0.5, 0.6) is 5.75 Å². The number of thioether (sulfide) groups is 1. The molecule has 0 saturated heterocycles. The van der Waals surface area contributed by atoms with Crippen LogP contribution in [0.2, 0.25) is 0 Å². The highest BCUT2D eigenvalue weighted by Gasteiger charge is 2.11. The number of aromatic nitrogens is 3. The highest BCUT2D eigenvalue weighted by atomic mass is 32.2. The molecule has 1 aromatic carbocycles. The van der Waals surface area contributed by atoms with E-state index in [1.807, 2.05) is 45.9 Å². The average Bonchev–Trinajstić information content (AvgIpc) is 2.90. The van der Waals surface area contributed by atoms with Crippen molar-refractivity contribution in [1.29, 1.82) is 0 Å². The summed E-state index contributed by atoms with van der Waals surface area (Å²) < 4.78 is 5.85. The first-order valence-corrected chi connectivity index (χ1v) is 8.44. The number of hydrogen-bond acceptors (Lipinski definition) is 5. The van der Waals surface area contributed by atoms with Crippen molar-refractivity contribution in [2.45, 2.75) is 38.9 Å². The molecular formula is C16H22N4O2S. The van der Waals surface area contributed by atoms with Crippen LogP contribution in [0.1, 0.15) is 23.9 Å². The molecule has 0 saturated carbocycles. The highest BCUT2D eigenvalue weighted by molar-refractivity contribution is 7.99. The Morgan fingerprint density at radius 3 is 2.65 bits per heavy atom. The lowest BCUT2D eigenvalue weighted by atomic mass is 10.1. The van der Waals surface area contributed by atoms with E-state index >= 15 is 0 Å². The van der Waals surface area contributed by atoms with Crippen molar-refractivity contribution < 1.29 is 9.53 Å². The molecule has 6 nitrogen and oxygen atoms in total. The first-order valence-electron chi connectivity index (χ1n) is 7.46. The first-order chi connectivity index (χ1) is 11.0. The molecule has 7 heteroatoms. The number of carbonyl (C=O) groups excluding carboxylic acids is 1. The number of rotatable bonds is 7. The molecule has 2 aromatic rings. The fraction of sp³-hybridized carbons (Fsp3) is 0.438. The summed E-state index contributed by atoms with van der Waals surface area (Å²) in [5, 5.41) is 10.2. The smallest absolute Gasteiger partial charge is 0.230 e. The molecule has 1 atom stereocenters. The first kappa shape index (κ1) is 17.3. The van der Waals surface area contributed by atoms with E-state index in [0.717, 1.165) is 22.7 Å². The van der Waals surface area contributed by atoms with Gasteiger partial charge in [-0.25, -0.2) is 4.98 Å². The highest BCUT2D eigenvalue weighted by Crippen LogP contribution is 2.22. The summed E-state index contributed by atoms with van der Waals surface area (Å²) in [5.74, 6) is 1.85. The second kappa shape index (κ2) is 8.01. The molecule has 0 unspecified atom stereocenters. The van der Waals surface area contributed by atoms with Crippen molar-refractivity contribution in [2.24, 2.45) is 0 Å². The minimum Gasteiger partial charge on any atom is -0.491 e. The van der Waals surface area contributed by atoms with Gasteiger partial charge in [-0.05, 0) is 38.8 Å². The minimum atomic E-state index is -0.0732. The molecule has 0 fully saturated rings. The van der Waals surface area contributed by atoms with E-state index in [1.165, 1.54) is 11.8 Å². The van der Waals surface area contributed by atoms with E-state index in [4.69, 9.17) is 4.74 Å². The van der Waals surface area contributed by atoms with Crippen molar-refractivity contribution in [3.05, 3.63) is 35.2 Å². The van der Waals surface area contributed by atoms with Gasteiger partial charge in [0.15, 0.2) is 0 Å². The van der Waals surface area contributed by atoms with Crippen molar-refractivity contribution in [1.82, 2.24) is 20.5 Å². The zero-order valence-corrected chi connectivity index (χ0v) is 14.7. The number of para-hydroxylation sites is 1. The second-order valence-corrected chi connectivity index (χ2v) is 6.44. The number of benzene rings is 1. The van der Waals surface area contributed by atoms with E-state index in [0.29, 0.717) is 11.8 Å². The van der Waals surface area contributed by atoms with Gasteiger partial charge in [0.25, 0.3) is 0 Å². The molecule has 0 bridgehead atoms. The lowest BCUT2D eigenvalue weighted by Gasteiger charge is -2.17. The largest absolute Gasteiger partial charge is 0.491 e. The Morgan fingerprint density at radius 1 is 1.35 bits per heavy atom. The lowest BCUT2D eigenvalue weighted by molar-refractivity contribution is -0.119. The van der Waals surface area contributed by atoms with Crippen LogP contribution < -0.4 is 10.1 Å². The summed E-state index contributed by atoms with van der Waals surface area (Å²) in [5.41, 5.74) is 2.19. The van der Waals surface area contributed by atoms with Gasteiger partial charge in [0.05, 0.1) is 11.8 Å². The van der Waals surface area contributed by atoms with E-state index in [-0.39, 0.29) is 17.7 Å². The quantitative estimate of drug-likeness (QED) is 0.760. The Kier molecular flexibility index (Phi) is 6.04. The number of aryl methyl sites for hydroxylation is 3. The monoisotopic (exact) mass is 334 g/mol. The van der Waals surface area contributed by atoms with Crippen molar-refractivity contribution in [2.75, 3.05) is 12.4 Å². The van der Waals surface area contributed by atoms with Crippen LogP contribution >= 0.6 is 11.8 Å². The summed E-state index contributed by atoms with van der Waals surface area (Å²) in [4.78, 5) is 16.1. The van der Waals surface area contributed by atoms with Gasteiger partial charge >= 0.3 is 0 Å². The number of amides is 1. The molecule has 124 valence electrons. The Labute approximate surface area is 140 Å². The molecule has 23 heavy (non-hydrogen) atoms. The van der Waals surface area contributed by atoms with E-state index in [9.17, 15) is 4.79 Å². The van der Waals surface area contributed by atoms with Gasteiger partial charge in [-0.15, -0.1) is 5.10 Å². The molecule has 0 aliphatic heterocycles. The Bertz CT molecular complexity index is 652. The maximum Gasteiger partial charge on any atom is 0.230 e. The number of nitrogens with zero attached hydrogens (tertiary/aromatic N) is 2. The molecule has 0 aliphatic rings. The number of nitrogens with one attached hydrogen (secondary N) is 2. The summed E-state index contributed by atoms with van der Waals surface area (Å²) >= 11 is 1.30. The van der Waals surface area contributed by atoms with E-state index in [1.54, 1.807) is 0 Å². The van der Waals surface area contributed by atoms with Crippen LogP contribution in [0.15, 0.2) is 23.4 Å². The van der Waals surface area contributed by atoms with Gasteiger partial charge in [-0.1, -0.05) is 30.0 Å².